The predicted octanol–water partition coefficient (Wildman–Crippen LogP) is 2.91. The summed E-state index contributed by atoms with van der Waals surface area (Å²) in [4.78, 5) is 11.5. The van der Waals surface area contributed by atoms with Crippen LogP contribution >= 0.6 is 0 Å². The lowest BCUT2D eigenvalue weighted by Gasteiger charge is -2.20. The number of alkyl halides is 3. The SMILES string of the molecule is CC(C)(C)NC(=O)CNc1ccc(OC(F)(F)F)cc1. The number of rotatable bonds is 4. The molecular weight excluding hydrogens is 273 g/mol. The van der Waals surface area contributed by atoms with Crippen LogP contribution in [0.25, 0.3) is 0 Å². The van der Waals surface area contributed by atoms with Crippen LogP contribution in [0.1, 0.15) is 20.8 Å². The molecule has 112 valence electrons. The van der Waals surface area contributed by atoms with Gasteiger partial charge in [-0.2, -0.15) is 0 Å². The Morgan fingerprint density at radius 2 is 1.70 bits per heavy atom. The molecule has 1 amide bonds. The van der Waals surface area contributed by atoms with Crippen molar-refractivity contribution in [1.82, 2.24) is 5.32 Å². The van der Waals surface area contributed by atoms with Gasteiger partial charge in [-0.05, 0) is 45.0 Å². The maximum Gasteiger partial charge on any atom is 0.573 e. The molecule has 0 saturated heterocycles. The van der Waals surface area contributed by atoms with E-state index >= 15 is 0 Å². The van der Waals surface area contributed by atoms with Crippen LogP contribution in [0.3, 0.4) is 0 Å². The Kier molecular flexibility index (Phi) is 4.86. The molecule has 2 N–H and O–H groups in total. The van der Waals surface area contributed by atoms with E-state index in [0.29, 0.717) is 5.69 Å². The van der Waals surface area contributed by atoms with Gasteiger partial charge in [-0.15, -0.1) is 13.2 Å². The zero-order valence-corrected chi connectivity index (χ0v) is 11.5. The third kappa shape index (κ3) is 6.86. The van der Waals surface area contributed by atoms with Gasteiger partial charge in [0.25, 0.3) is 0 Å². The minimum Gasteiger partial charge on any atom is -0.406 e. The van der Waals surface area contributed by atoms with Gasteiger partial charge < -0.3 is 15.4 Å². The number of carbonyl (C=O) groups is 1. The number of amides is 1. The molecule has 0 aliphatic rings. The molecule has 1 rings (SSSR count). The molecule has 4 nitrogen and oxygen atoms in total. The highest BCUT2D eigenvalue weighted by Crippen LogP contribution is 2.23. The summed E-state index contributed by atoms with van der Waals surface area (Å²) in [5.41, 5.74) is 0.201. The van der Waals surface area contributed by atoms with Gasteiger partial charge in [0.1, 0.15) is 5.75 Å². The Hall–Kier alpha value is -1.92. The number of carbonyl (C=O) groups excluding carboxylic acids is 1. The fourth-order valence-corrected chi connectivity index (χ4v) is 1.42. The van der Waals surface area contributed by atoms with Crippen molar-refractivity contribution in [2.75, 3.05) is 11.9 Å². The number of benzene rings is 1. The largest absolute Gasteiger partial charge is 0.573 e. The fraction of sp³-hybridized carbons (Fsp3) is 0.462. The molecule has 0 spiro atoms. The first kappa shape index (κ1) is 16.1. The van der Waals surface area contributed by atoms with Crippen LogP contribution < -0.4 is 15.4 Å². The van der Waals surface area contributed by atoms with Crippen molar-refractivity contribution in [1.29, 1.82) is 0 Å². The zero-order valence-electron chi connectivity index (χ0n) is 11.5. The summed E-state index contributed by atoms with van der Waals surface area (Å²) in [6, 6.07) is 5.17. The molecule has 0 bridgehead atoms. The first-order chi connectivity index (χ1) is 9.05. The molecule has 1 aromatic carbocycles. The highest BCUT2D eigenvalue weighted by atomic mass is 19.4. The van der Waals surface area contributed by atoms with Gasteiger partial charge in [-0.3, -0.25) is 4.79 Å². The summed E-state index contributed by atoms with van der Waals surface area (Å²) in [5.74, 6) is -0.504. The smallest absolute Gasteiger partial charge is 0.406 e. The summed E-state index contributed by atoms with van der Waals surface area (Å²) in [6.07, 6.45) is -4.71. The number of ether oxygens (including phenoxy) is 1. The summed E-state index contributed by atoms with van der Waals surface area (Å²) < 4.78 is 39.6. The van der Waals surface area contributed by atoms with Crippen molar-refractivity contribution in [2.45, 2.75) is 32.7 Å². The Morgan fingerprint density at radius 1 is 1.15 bits per heavy atom. The van der Waals surface area contributed by atoms with Crippen molar-refractivity contribution in [3.8, 4) is 5.75 Å². The van der Waals surface area contributed by atoms with Crippen molar-refractivity contribution >= 4 is 11.6 Å². The van der Waals surface area contributed by atoms with E-state index < -0.39 is 6.36 Å². The maximum absolute atomic E-state index is 12.0. The number of nitrogens with one attached hydrogen (secondary N) is 2. The molecule has 20 heavy (non-hydrogen) atoms. The molecule has 0 heterocycles. The topological polar surface area (TPSA) is 50.4 Å². The van der Waals surface area contributed by atoms with Gasteiger partial charge in [0.05, 0.1) is 6.54 Å². The second kappa shape index (κ2) is 6.02. The van der Waals surface area contributed by atoms with Gasteiger partial charge >= 0.3 is 6.36 Å². The number of anilines is 1. The molecule has 0 aromatic heterocycles. The molecular formula is C13H17F3N2O2. The van der Waals surface area contributed by atoms with E-state index in [2.05, 4.69) is 15.4 Å². The first-order valence-electron chi connectivity index (χ1n) is 5.96. The van der Waals surface area contributed by atoms with E-state index in [1.807, 2.05) is 20.8 Å². The highest BCUT2D eigenvalue weighted by molar-refractivity contribution is 5.81. The van der Waals surface area contributed by atoms with Crippen molar-refractivity contribution in [2.24, 2.45) is 0 Å². The Labute approximate surface area is 115 Å². The van der Waals surface area contributed by atoms with Crippen LogP contribution in [-0.4, -0.2) is 24.4 Å². The molecule has 0 radical (unpaired) electrons. The Morgan fingerprint density at radius 3 is 2.15 bits per heavy atom. The minimum absolute atomic E-state index is 0.0384. The maximum atomic E-state index is 12.0. The molecule has 0 atom stereocenters. The van der Waals surface area contributed by atoms with E-state index in [4.69, 9.17) is 0 Å². The fourth-order valence-electron chi connectivity index (χ4n) is 1.42. The average Bonchev–Trinajstić information content (AvgIpc) is 2.23. The summed E-state index contributed by atoms with van der Waals surface area (Å²) >= 11 is 0. The average molecular weight is 290 g/mol. The van der Waals surface area contributed by atoms with E-state index in [1.165, 1.54) is 24.3 Å². The number of halogens is 3. The van der Waals surface area contributed by atoms with Gasteiger partial charge in [-0.25, -0.2) is 0 Å². The van der Waals surface area contributed by atoms with Crippen LogP contribution in [0.15, 0.2) is 24.3 Å². The van der Waals surface area contributed by atoms with Gasteiger partial charge in [0.15, 0.2) is 0 Å². The molecule has 0 aliphatic heterocycles. The van der Waals surface area contributed by atoms with Crippen molar-refractivity contribution < 1.29 is 22.7 Å². The first-order valence-corrected chi connectivity index (χ1v) is 5.96. The lowest BCUT2D eigenvalue weighted by Crippen LogP contribution is -2.43. The van der Waals surface area contributed by atoms with E-state index in [0.717, 1.165) is 0 Å². The predicted molar refractivity (Wildman–Crippen MR) is 69.5 cm³/mol. The molecule has 0 fully saturated rings. The van der Waals surface area contributed by atoms with Crippen LogP contribution in [0.2, 0.25) is 0 Å². The molecule has 7 heteroatoms. The lowest BCUT2D eigenvalue weighted by molar-refractivity contribution is -0.274. The number of hydrogen-bond acceptors (Lipinski definition) is 3. The summed E-state index contributed by atoms with van der Waals surface area (Å²) in [7, 11) is 0. The number of hydrogen-bond donors (Lipinski definition) is 2. The Balaban J connectivity index is 2.48. The Bertz CT molecular complexity index is 450. The third-order valence-corrected chi connectivity index (χ3v) is 2.06. The quantitative estimate of drug-likeness (QED) is 0.896. The van der Waals surface area contributed by atoms with Crippen LogP contribution in [0, 0.1) is 0 Å². The van der Waals surface area contributed by atoms with E-state index in [-0.39, 0.29) is 23.7 Å². The van der Waals surface area contributed by atoms with E-state index in [9.17, 15) is 18.0 Å². The summed E-state index contributed by atoms with van der Waals surface area (Å²) in [5, 5.41) is 5.57. The van der Waals surface area contributed by atoms with Crippen molar-refractivity contribution in [3.63, 3.8) is 0 Å². The van der Waals surface area contributed by atoms with Crippen LogP contribution in [0.5, 0.6) is 5.75 Å². The second-order valence-corrected chi connectivity index (χ2v) is 5.22. The standard InChI is InChI=1S/C13H17F3N2O2/c1-12(2,3)18-11(19)8-17-9-4-6-10(7-5-9)20-13(14,15)16/h4-7,17H,8H2,1-3H3,(H,18,19). The van der Waals surface area contributed by atoms with Gasteiger partial charge in [0, 0.05) is 11.2 Å². The van der Waals surface area contributed by atoms with Crippen LogP contribution in [0.4, 0.5) is 18.9 Å². The van der Waals surface area contributed by atoms with Crippen LogP contribution in [-0.2, 0) is 4.79 Å². The monoisotopic (exact) mass is 290 g/mol. The third-order valence-electron chi connectivity index (χ3n) is 2.06. The molecule has 0 saturated carbocycles. The summed E-state index contributed by atoms with van der Waals surface area (Å²) in [6.45, 7) is 5.60. The second-order valence-electron chi connectivity index (χ2n) is 5.22. The zero-order chi connectivity index (χ0) is 15.4. The highest BCUT2D eigenvalue weighted by Gasteiger charge is 2.30. The minimum atomic E-state index is -4.71. The van der Waals surface area contributed by atoms with Gasteiger partial charge in [0.2, 0.25) is 5.91 Å². The normalized spacial score (nSPS) is 11.9. The van der Waals surface area contributed by atoms with Gasteiger partial charge in [-0.1, -0.05) is 0 Å². The lowest BCUT2D eigenvalue weighted by atomic mass is 10.1. The molecule has 1 aromatic rings. The molecule has 0 aliphatic carbocycles. The molecule has 0 unspecified atom stereocenters. The van der Waals surface area contributed by atoms with Crippen molar-refractivity contribution in [3.05, 3.63) is 24.3 Å². The van der Waals surface area contributed by atoms with E-state index in [1.54, 1.807) is 0 Å².